The van der Waals surface area contributed by atoms with Gasteiger partial charge in [0.15, 0.2) is 0 Å². The minimum atomic E-state index is -0.191. The van der Waals surface area contributed by atoms with Gasteiger partial charge in [-0.1, -0.05) is 23.2 Å². The highest BCUT2D eigenvalue weighted by Crippen LogP contribution is 2.27. The van der Waals surface area contributed by atoms with Crippen LogP contribution in [0.1, 0.15) is 16.6 Å². The molecule has 2 N–H and O–H groups in total. The van der Waals surface area contributed by atoms with Crippen LogP contribution in [0, 0.1) is 0 Å². The Morgan fingerprint density at radius 2 is 2.12 bits per heavy atom. The topological polar surface area (TPSA) is 38.9 Å². The Morgan fingerprint density at radius 3 is 2.75 bits per heavy atom. The maximum Gasteiger partial charge on any atom is 0.0931 e. The van der Waals surface area contributed by atoms with E-state index in [0.29, 0.717) is 11.4 Å². The van der Waals surface area contributed by atoms with E-state index in [0.717, 1.165) is 14.9 Å². The van der Waals surface area contributed by atoms with Crippen molar-refractivity contribution in [1.29, 1.82) is 0 Å². The van der Waals surface area contributed by atoms with Crippen molar-refractivity contribution in [2.24, 2.45) is 5.73 Å². The van der Waals surface area contributed by atoms with Crippen molar-refractivity contribution in [2.75, 3.05) is 0 Å². The first kappa shape index (κ1) is 11.9. The number of thiophene rings is 1. The van der Waals surface area contributed by atoms with Gasteiger partial charge in [0.2, 0.25) is 0 Å². The van der Waals surface area contributed by atoms with Crippen molar-refractivity contribution in [2.45, 2.75) is 12.5 Å². The molecule has 84 valence electrons. The van der Waals surface area contributed by atoms with Crippen LogP contribution in [0.25, 0.3) is 0 Å². The monoisotopic (exact) mass is 272 g/mol. The average Bonchev–Trinajstić information content (AvgIpc) is 2.64. The standard InChI is InChI=1S/C11H10Cl2N2S/c12-8-2-1-5-15-11(8)9(14)6-7-3-4-10(13)16-7/h1-5,9H,6,14H2. The van der Waals surface area contributed by atoms with Gasteiger partial charge >= 0.3 is 0 Å². The van der Waals surface area contributed by atoms with E-state index >= 15 is 0 Å². The highest BCUT2D eigenvalue weighted by Gasteiger charge is 2.13. The molecule has 5 heteroatoms. The van der Waals surface area contributed by atoms with Gasteiger partial charge in [-0.25, -0.2) is 0 Å². The fourth-order valence-electron chi connectivity index (χ4n) is 1.45. The molecule has 0 amide bonds. The molecule has 0 aliphatic heterocycles. The van der Waals surface area contributed by atoms with Crippen LogP contribution in [-0.4, -0.2) is 4.98 Å². The first-order valence-electron chi connectivity index (χ1n) is 4.77. The van der Waals surface area contributed by atoms with Crippen LogP contribution in [0.5, 0.6) is 0 Å². The zero-order chi connectivity index (χ0) is 11.5. The van der Waals surface area contributed by atoms with Gasteiger partial charge in [-0.05, 0) is 24.3 Å². The summed E-state index contributed by atoms with van der Waals surface area (Å²) in [5.74, 6) is 0. The Kier molecular flexibility index (Phi) is 3.82. The molecule has 0 bridgehead atoms. The van der Waals surface area contributed by atoms with Crippen LogP contribution in [0.2, 0.25) is 9.36 Å². The van der Waals surface area contributed by atoms with Crippen LogP contribution >= 0.6 is 34.5 Å². The Morgan fingerprint density at radius 1 is 1.31 bits per heavy atom. The molecule has 2 aromatic rings. The Bertz CT molecular complexity index is 484. The molecule has 0 aromatic carbocycles. The minimum Gasteiger partial charge on any atom is -0.322 e. The number of rotatable bonds is 3. The molecule has 0 saturated heterocycles. The van der Waals surface area contributed by atoms with Gasteiger partial charge in [-0.3, -0.25) is 4.98 Å². The van der Waals surface area contributed by atoms with E-state index in [1.165, 1.54) is 11.3 Å². The predicted octanol–water partition coefficient (Wildman–Crippen LogP) is 3.69. The number of hydrogen-bond acceptors (Lipinski definition) is 3. The van der Waals surface area contributed by atoms with Crippen molar-refractivity contribution in [3.8, 4) is 0 Å². The van der Waals surface area contributed by atoms with Gasteiger partial charge in [0.1, 0.15) is 0 Å². The Balaban J connectivity index is 2.14. The third kappa shape index (κ3) is 2.74. The third-order valence-corrected chi connectivity index (χ3v) is 3.76. The molecule has 0 aliphatic rings. The summed E-state index contributed by atoms with van der Waals surface area (Å²) in [4.78, 5) is 5.33. The van der Waals surface area contributed by atoms with Crippen LogP contribution in [0.3, 0.4) is 0 Å². The zero-order valence-corrected chi connectivity index (χ0v) is 10.7. The molecule has 0 saturated carbocycles. The van der Waals surface area contributed by atoms with Crippen LogP contribution in [0.4, 0.5) is 0 Å². The lowest BCUT2D eigenvalue weighted by Gasteiger charge is -2.10. The molecule has 2 rings (SSSR count). The summed E-state index contributed by atoms with van der Waals surface area (Å²) >= 11 is 13.4. The Hall–Kier alpha value is -0.610. The lowest BCUT2D eigenvalue weighted by Crippen LogP contribution is -2.14. The van der Waals surface area contributed by atoms with E-state index in [9.17, 15) is 0 Å². The molecule has 0 radical (unpaired) electrons. The van der Waals surface area contributed by atoms with Gasteiger partial charge < -0.3 is 5.73 Å². The molecule has 2 nitrogen and oxygen atoms in total. The molecule has 0 spiro atoms. The van der Waals surface area contributed by atoms with E-state index in [4.69, 9.17) is 28.9 Å². The van der Waals surface area contributed by atoms with Crippen molar-refractivity contribution >= 4 is 34.5 Å². The minimum absolute atomic E-state index is 0.191. The van der Waals surface area contributed by atoms with E-state index < -0.39 is 0 Å². The second kappa shape index (κ2) is 5.15. The molecule has 2 aromatic heterocycles. The third-order valence-electron chi connectivity index (χ3n) is 2.19. The van der Waals surface area contributed by atoms with E-state index in [2.05, 4.69) is 4.98 Å². The maximum absolute atomic E-state index is 6.05. The first-order valence-corrected chi connectivity index (χ1v) is 6.34. The number of halogens is 2. The molecule has 1 atom stereocenters. The first-order chi connectivity index (χ1) is 7.66. The van der Waals surface area contributed by atoms with Crippen molar-refractivity contribution in [3.63, 3.8) is 0 Å². The van der Waals surface area contributed by atoms with Gasteiger partial charge in [0.05, 0.1) is 21.1 Å². The van der Waals surface area contributed by atoms with E-state index in [1.54, 1.807) is 18.3 Å². The van der Waals surface area contributed by atoms with Crippen molar-refractivity contribution in [1.82, 2.24) is 4.98 Å². The second-order valence-corrected chi connectivity index (χ2v) is 5.59. The number of hydrogen-bond donors (Lipinski definition) is 1. The molecular formula is C11H10Cl2N2S. The van der Waals surface area contributed by atoms with Gasteiger partial charge in [0, 0.05) is 17.5 Å². The summed E-state index contributed by atoms with van der Waals surface area (Å²) < 4.78 is 0.773. The second-order valence-electron chi connectivity index (χ2n) is 3.39. The Labute approximate surface area is 108 Å². The summed E-state index contributed by atoms with van der Waals surface area (Å²) in [7, 11) is 0. The van der Waals surface area contributed by atoms with Crippen molar-refractivity contribution < 1.29 is 0 Å². The maximum atomic E-state index is 6.05. The van der Waals surface area contributed by atoms with Crippen LogP contribution < -0.4 is 5.73 Å². The largest absolute Gasteiger partial charge is 0.322 e. The zero-order valence-electron chi connectivity index (χ0n) is 8.36. The number of pyridine rings is 1. The summed E-state index contributed by atoms with van der Waals surface area (Å²) in [5, 5.41) is 0.609. The number of nitrogens with zero attached hydrogens (tertiary/aromatic N) is 1. The molecular weight excluding hydrogens is 263 g/mol. The van der Waals surface area contributed by atoms with Crippen LogP contribution in [-0.2, 0) is 6.42 Å². The molecule has 0 fully saturated rings. The fourth-order valence-corrected chi connectivity index (χ4v) is 2.85. The SMILES string of the molecule is NC(Cc1ccc(Cl)s1)c1ncccc1Cl. The molecule has 16 heavy (non-hydrogen) atoms. The summed E-state index contributed by atoms with van der Waals surface area (Å²) in [6.45, 7) is 0. The molecule has 2 heterocycles. The van der Waals surface area contributed by atoms with Gasteiger partial charge in [-0.15, -0.1) is 11.3 Å². The highest BCUT2D eigenvalue weighted by molar-refractivity contribution is 7.16. The normalized spacial score (nSPS) is 12.7. The lowest BCUT2D eigenvalue weighted by atomic mass is 10.1. The van der Waals surface area contributed by atoms with Gasteiger partial charge in [-0.2, -0.15) is 0 Å². The molecule has 0 aliphatic carbocycles. The van der Waals surface area contributed by atoms with Gasteiger partial charge in [0.25, 0.3) is 0 Å². The average molecular weight is 273 g/mol. The summed E-state index contributed by atoms with van der Waals surface area (Å²) in [5.41, 5.74) is 6.78. The van der Waals surface area contributed by atoms with E-state index in [1.807, 2.05) is 12.1 Å². The fraction of sp³-hybridized carbons (Fsp3) is 0.182. The summed E-state index contributed by atoms with van der Waals surface area (Å²) in [6.07, 6.45) is 2.40. The quantitative estimate of drug-likeness (QED) is 0.926. The number of aromatic nitrogens is 1. The highest BCUT2D eigenvalue weighted by atomic mass is 35.5. The summed E-state index contributed by atoms with van der Waals surface area (Å²) in [6, 6.07) is 7.24. The smallest absolute Gasteiger partial charge is 0.0931 e. The van der Waals surface area contributed by atoms with Crippen LogP contribution in [0.15, 0.2) is 30.5 Å². The van der Waals surface area contributed by atoms with E-state index in [-0.39, 0.29) is 6.04 Å². The lowest BCUT2D eigenvalue weighted by molar-refractivity contribution is 0.704. The predicted molar refractivity (Wildman–Crippen MR) is 69.2 cm³/mol. The number of nitrogens with two attached hydrogens (primary N) is 1. The molecule has 1 unspecified atom stereocenters. The van der Waals surface area contributed by atoms with Crippen molar-refractivity contribution in [3.05, 3.63) is 50.4 Å².